The minimum Gasteiger partial charge on any atom is -0.330 e. The van der Waals surface area contributed by atoms with Crippen LogP contribution in [0.3, 0.4) is 0 Å². The van der Waals surface area contributed by atoms with Gasteiger partial charge in [-0.2, -0.15) is 5.10 Å². The van der Waals surface area contributed by atoms with E-state index in [1.54, 1.807) is 0 Å². The summed E-state index contributed by atoms with van der Waals surface area (Å²) < 4.78 is 1.93. The highest BCUT2D eigenvalue weighted by Crippen LogP contribution is 2.26. The van der Waals surface area contributed by atoms with Crippen molar-refractivity contribution in [1.29, 1.82) is 0 Å². The van der Waals surface area contributed by atoms with E-state index in [0.29, 0.717) is 6.54 Å². The minimum atomic E-state index is 0.0827. The average molecular weight is 280 g/mol. The second-order valence-electron chi connectivity index (χ2n) is 7.60. The molecule has 20 heavy (non-hydrogen) atoms. The van der Waals surface area contributed by atoms with Crippen LogP contribution in [0.1, 0.15) is 52.8 Å². The van der Waals surface area contributed by atoms with Crippen LogP contribution in [0.15, 0.2) is 6.20 Å². The zero-order valence-electron chi connectivity index (χ0n) is 14.3. The predicted octanol–water partition coefficient (Wildman–Crippen LogP) is 2.52. The third-order valence-corrected chi connectivity index (χ3v) is 3.66. The largest absolute Gasteiger partial charge is 0.330 e. The molecule has 0 saturated heterocycles. The zero-order valence-corrected chi connectivity index (χ0v) is 14.3. The van der Waals surface area contributed by atoms with E-state index in [9.17, 15) is 0 Å². The lowest BCUT2D eigenvalue weighted by Gasteiger charge is -2.31. The SMILES string of the molecule is CCN(Cc1cn(C)nc1C(C)(C)C)CC(C)(C)CN. The Hall–Kier alpha value is -0.870. The van der Waals surface area contributed by atoms with Gasteiger partial charge in [-0.05, 0) is 18.5 Å². The summed E-state index contributed by atoms with van der Waals surface area (Å²) in [6, 6.07) is 0. The van der Waals surface area contributed by atoms with Gasteiger partial charge in [-0.15, -0.1) is 0 Å². The van der Waals surface area contributed by atoms with Crippen molar-refractivity contribution in [2.75, 3.05) is 19.6 Å². The molecule has 1 aromatic rings. The van der Waals surface area contributed by atoms with E-state index in [2.05, 4.69) is 57.7 Å². The van der Waals surface area contributed by atoms with Crippen molar-refractivity contribution < 1.29 is 0 Å². The Balaban J connectivity index is 2.91. The Morgan fingerprint density at radius 3 is 2.30 bits per heavy atom. The molecule has 0 aliphatic carbocycles. The molecule has 2 N–H and O–H groups in total. The first-order valence-electron chi connectivity index (χ1n) is 7.54. The molecule has 0 unspecified atom stereocenters. The van der Waals surface area contributed by atoms with Gasteiger partial charge in [-0.25, -0.2) is 0 Å². The van der Waals surface area contributed by atoms with E-state index in [4.69, 9.17) is 5.73 Å². The molecule has 4 nitrogen and oxygen atoms in total. The molecule has 0 amide bonds. The van der Waals surface area contributed by atoms with Crippen molar-refractivity contribution in [3.63, 3.8) is 0 Å². The first kappa shape index (κ1) is 17.2. The molecular weight excluding hydrogens is 248 g/mol. The Morgan fingerprint density at radius 2 is 1.85 bits per heavy atom. The van der Waals surface area contributed by atoms with Gasteiger partial charge >= 0.3 is 0 Å². The maximum Gasteiger partial charge on any atom is 0.0722 e. The number of aryl methyl sites for hydroxylation is 1. The number of aromatic nitrogens is 2. The van der Waals surface area contributed by atoms with Crippen molar-refractivity contribution in [3.05, 3.63) is 17.5 Å². The molecule has 1 rings (SSSR count). The molecule has 4 heteroatoms. The van der Waals surface area contributed by atoms with E-state index in [-0.39, 0.29) is 10.8 Å². The van der Waals surface area contributed by atoms with Gasteiger partial charge in [0.1, 0.15) is 0 Å². The van der Waals surface area contributed by atoms with E-state index >= 15 is 0 Å². The quantitative estimate of drug-likeness (QED) is 0.871. The normalized spacial score (nSPS) is 13.2. The number of rotatable bonds is 6. The average Bonchev–Trinajstić information content (AvgIpc) is 2.69. The van der Waals surface area contributed by atoms with Crippen LogP contribution in [0.25, 0.3) is 0 Å². The summed E-state index contributed by atoms with van der Waals surface area (Å²) >= 11 is 0. The molecule has 0 bridgehead atoms. The van der Waals surface area contributed by atoms with E-state index in [0.717, 1.165) is 19.6 Å². The maximum atomic E-state index is 5.86. The third kappa shape index (κ3) is 4.60. The molecule has 0 aliphatic heterocycles. The minimum absolute atomic E-state index is 0.0827. The lowest BCUT2D eigenvalue weighted by atomic mass is 9.89. The molecular formula is C16H32N4. The predicted molar refractivity (Wildman–Crippen MR) is 85.7 cm³/mol. The first-order valence-corrected chi connectivity index (χ1v) is 7.54. The summed E-state index contributed by atoms with van der Waals surface area (Å²) in [6.45, 7) is 17.0. The molecule has 0 spiro atoms. The summed E-state index contributed by atoms with van der Waals surface area (Å²) in [5, 5.41) is 4.65. The third-order valence-electron chi connectivity index (χ3n) is 3.66. The van der Waals surface area contributed by atoms with Gasteiger partial charge in [0.2, 0.25) is 0 Å². The molecule has 0 radical (unpaired) electrons. The van der Waals surface area contributed by atoms with Crippen LogP contribution in [0.2, 0.25) is 0 Å². The van der Waals surface area contributed by atoms with Crippen molar-refractivity contribution >= 4 is 0 Å². The zero-order chi connectivity index (χ0) is 15.6. The van der Waals surface area contributed by atoms with Gasteiger partial charge < -0.3 is 5.73 Å². The molecule has 116 valence electrons. The van der Waals surface area contributed by atoms with Crippen LogP contribution in [0, 0.1) is 5.41 Å². The van der Waals surface area contributed by atoms with E-state index < -0.39 is 0 Å². The molecule has 0 saturated carbocycles. The smallest absolute Gasteiger partial charge is 0.0722 e. The second-order valence-corrected chi connectivity index (χ2v) is 7.60. The summed E-state index contributed by atoms with van der Waals surface area (Å²) in [7, 11) is 2.00. The highest BCUT2D eigenvalue weighted by atomic mass is 15.3. The van der Waals surface area contributed by atoms with Crippen molar-refractivity contribution in [2.45, 2.75) is 53.5 Å². The van der Waals surface area contributed by atoms with Crippen molar-refractivity contribution in [3.8, 4) is 0 Å². The fourth-order valence-corrected chi connectivity index (χ4v) is 2.48. The Bertz CT molecular complexity index is 426. The first-order chi connectivity index (χ1) is 9.09. The van der Waals surface area contributed by atoms with Gasteiger partial charge in [0, 0.05) is 37.3 Å². The van der Waals surface area contributed by atoms with Crippen LogP contribution < -0.4 is 5.73 Å². The number of nitrogens with zero attached hydrogens (tertiary/aromatic N) is 3. The maximum absolute atomic E-state index is 5.86. The van der Waals surface area contributed by atoms with Crippen molar-refractivity contribution in [1.82, 2.24) is 14.7 Å². The van der Waals surface area contributed by atoms with Crippen LogP contribution >= 0.6 is 0 Å². The second kappa shape index (κ2) is 6.27. The van der Waals surface area contributed by atoms with Crippen LogP contribution in [-0.4, -0.2) is 34.3 Å². The highest BCUT2D eigenvalue weighted by Gasteiger charge is 2.25. The number of nitrogens with two attached hydrogens (primary N) is 1. The molecule has 1 heterocycles. The monoisotopic (exact) mass is 280 g/mol. The van der Waals surface area contributed by atoms with Gasteiger partial charge in [0.15, 0.2) is 0 Å². The van der Waals surface area contributed by atoms with Crippen LogP contribution in [0.5, 0.6) is 0 Å². The van der Waals surface area contributed by atoms with Gasteiger partial charge in [-0.3, -0.25) is 9.58 Å². The Labute approximate surface area is 124 Å². The molecule has 0 fully saturated rings. The van der Waals surface area contributed by atoms with E-state index in [1.165, 1.54) is 11.3 Å². The van der Waals surface area contributed by atoms with E-state index in [1.807, 2.05) is 11.7 Å². The van der Waals surface area contributed by atoms with Crippen LogP contribution in [-0.2, 0) is 19.0 Å². The van der Waals surface area contributed by atoms with Gasteiger partial charge in [0.25, 0.3) is 0 Å². The molecule has 0 aliphatic rings. The number of hydrogen-bond donors (Lipinski definition) is 1. The fourth-order valence-electron chi connectivity index (χ4n) is 2.48. The Kier molecular flexibility index (Phi) is 5.39. The van der Waals surface area contributed by atoms with Crippen LogP contribution in [0.4, 0.5) is 0 Å². The fraction of sp³-hybridized carbons (Fsp3) is 0.812. The summed E-state index contributed by atoms with van der Waals surface area (Å²) in [4.78, 5) is 2.46. The summed E-state index contributed by atoms with van der Waals surface area (Å²) in [5.41, 5.74) is 8.62. The lowest BCUT2D eigenvalue weighted by molar-refractivity contribution is 0.182. The summed E-state index contributed by atoms with van der Waals surface area (Å²) in [5.74, 6) is 0. The molecule has 0 atom stereocenters. The lowest BCUT2D eigenvalue weighted by Crippen LogP contribution is -2.38. The molecule has 1 aromatic heterocycles. The standard InChI is InChI=1S/C16H32N4/c1-8-20(12-16(5,6)11-17)10-13-9-19(7)18-14(13)15(2,3)4/h9H,8,10-12,17H2,1-7H3. The van der Waals surface area contributed by atoms with Crippen molar-refractivity contribution in [2.24, 2.45) is 18.2 Å². The van der Waals surface area contributed by atoms with Gasteiger partial charge in [0.05, 0.1) is 5.69 Å². The topological polar surface area (TPSA) is 47.1 Å². The van der Waals surface area contributed by atoms with Gasteiger partial charge in [-0.1, -0.05) is 41.5 Å². The number of hydrogen-bond acceptors (Lipinski definition) is 3. The highest BCUT2D eigenvalue weighted by molar-refractivity contribution is 5.24. The summed E-state index contributed by atoms with van der Waals surface area (Å²) in [6.07, 6.45) is 2.15. The molecule has 0 aromatic carbocycles. The Morgan fingerprint density at radius 1 is 1.25 bits per heavy atom.